The Hall–Kier alpha value is -2.92. The molecule has 0 unspecified atom stereocenters. The molecule has 0 aliphatic heterocycles. The number of carbonyl (C=O) groups excluding carboxylic acids is 1. The van der Waals surface area contributed by atoms with Crippen molar-refractivity contribution in [2.75, 3.05) is 11.9 Å². The van der Waals surface area contributed by atoms with E-state index in [4.69, 9.17) is 0 Å². The third-order valence-corrected chi connectivity index (χ3v) is 5.68. The van der Waals surface area contributed by atoms with Crippen molar-refractivity contribution >= 4 is 11.6 Å². The van der Waals surface area contributed by atoms with Gasteiger partial charge in [-0.2, -0.15) is 0 Å². The topological polar surface area (TPSA) is 59.0 Å². The zero-order valence-corrected chi connectivity index (χ0v) is 15.7. The summed E-state index contributed by atoms with van der Waals surface area (Å²) in [4.78, 5) is 16.6. The van der Waals surface area contributed by atoms with Gasteiger partial charge in [-0.15, -0.1) is 0 Å². The van der Waals surface area contributed by atoms with Crippen LogP contribution in [0.1, 0.15) is 41.1 Å². The lowest BCUT2D eigenvalue weighted by molar-refractivity contribution is 0.102. The lowest BCUT2D eigenvalue weighted by Gasteiger charge is -2.08. The van der Waals surface area contributed by atoms with E-state index in [0.717, 1.165) is 17.3 Å². The predicted octanol–water partition coefficient (Wildman–Crippen LogP) is 3.98. The van der Waals surface area contributed by atoms with Crippen LogP contribution in [0.15, 0.2) is 67.3 Å². The van der Waals surface area contributed by atoms with Gasteiger partial charge >= 0.3 is 0 Å². The second-order valence-electron chi connectivity index (χ2n) is 7.89. The van der Waals surface area contributed by atoms with Gasteiger partial charge in [0.15, 0.2) is 0 Å². The fourth-order valence-corrected chi connectivity index (χ4v) is 3.64. The van der Waals surface area contributed by atoms with Gasteiger partial charge in [-0.1, -0.05) is 12.1 Å². The second-order valence-corrected chi connectivity index (χ2v) is 7.89. The van der Waals surface area contributed by atoms with E-state index in [9.17, 15) is 4.79 Å². The van der Waals surface area contributed by atoms with Crippen molar-refractivity contribution in [3.05, 3.63) is 78.4 Å². The molecular weight excluding hydrogens is 348 g/mol. The van der Waals surface area contributed by atoms with Crippen molar-refractivity contribution in [3.8, 4) is 5.69 Å². The first-order valence-electron chi connectivity index (χ1n) is 9.99. The highest BCUT2D eigenvalue weighted by molar-refractivity contribution is 6.04. The molecule has 5 rings (SSSR count). The number of aromatic nitrogens is 2. The molecule has 1 heterocycles. The number of benzene rings is 2. The molecule has 2 atom stereocenters. The highest BCUT2D eigenvalue weighted by atomic mass is 16.1. The molecule has 1 aromatic heterocycles. The zero-order valence-electron chi connectivity index (χ0n) is 15.7. The average molecular weight is 372 g/mol. The number of hydrogen-bond donors (Lipinski definition) is 2. The van der Waals surface area contributed by atoms with Crippen LogP contribution in [0.3, 0.4) is 0 Å². The van der Waals surface area contributed by atoms with Gasteiger partial charge in [0, 0.05) is 41.3 Å². The van der Waals surface area contributed by atoms with Crippen molar-refractivity contribution in [2.45, 2.75) is 31.2 Å². The molecule has 1 amide bonds. The van der Waals surface area contributed by atoms with E-state index in [1.807, 2.05) is 47.2 Å². The molecular formula is C23H24N4O. The van der Waals surface area contributed by atoms with Crippen molar-refractivity contribution in [2.24, 2.45) is 5.92 Å². The van der Waals surface area contributed by atoms with Crippen LogP contribution in [-0.4, -0.2) is 28.0 Å². The maximum Gasteiger partial charge on any atom is 0.255 e. The van der Waals surface area contributed by atoms with Crippen LogP contribution in [0, 0.1) is 5.92 Å². The first kappa shape index (κ1) is 17.2. The van der Waals surface area contributed by atoms with Crippen LogP contribution in [0.4, 0.5) is 5.69 Å². The van der Waals surface area contributed by atoms with Crippen molar-refractivity contribution in [1.29, 1.82) is 0 Å². The SMILES string of the molecule is O=C(Nc1ccc([C@@H]2C[C@H]2NCC2CC2)cc1)c1ccc(-n2ccnc2)cc1. The summed E-state index contributed by atoms with van der Waals surface area (Å²) in [5.41, 5.74) is 3.80. The highest BCUT2D eigenvalue weighted by Crippen LogP contribution is 2.41. The number of rotatable bonds is 7. The van der Waals surface area contributed by atoms with Crippen LogP contribution in [-0.2, 0) is 0 Å². The fraction of sp³-hybridized carbons (Fsp3) is 0.304. The van der Waals surface area contributed by atoms with Crippen LogP contribution in [0.25, 0.3) is 5.69 Å². The molecule has 142 valence electrons. The minimum Gasteiger partial charge on any atom is -0.322 e. The fourth-order valence-electron chi connectivity index (χ4n) is 3.64. The van der Waals surface area contributed by atoms with Crippen LogP contribution < -0.4 is 10.6 Å². The smallest absolute Gasteiger partial charge is 0.255 e. The Labute approximate surface area is 164 Å². The lowest BCUT2D eigenvalue weighted by atomic mass is 10.1. The molecule has 5 nitrogen and oxygen atoms in total. The Morgan fingerprint density at radius 1 is 1.07 bits per heavy atom. The van der Waals surface area contributed by atoms with E-state index in [2.05, 4.69) is 27.8 Å². The second kappa shape index (κ2) is 7.24. The summed E-state index contributed by atoms with van der Waals surface area (Å²) in [5, 5.41) is 6.66. The molecule has 2 aliphatic carbocycles. The molecule has 2 saturated carbocycles. The third-order valence-electron chi connectivity index (χ3n) is 5.68. The van der Waals surface area contributed by atoms with E-state index in [1.54, 1.807) is 12.5 Å². The third kappa shape index (κ3) is 3.85. The molecule has 2 N–H and O–H groups in total. The molecule has 3 aromatic rings. The van der Waals surface area contributed by atoms with Crippen LogP contribution in [0.2, 0.25) is 0 Å². The summed E-state index contributed by atoms with van der Waals surface area (Å²) >= 11 is 0. The summed E-state index contributed by atoms with van der Waals surface area (Å²) in [6, 6.07) is 16.4. The minimum absolute atomic E-state index is 0.0969. The lowest BCUT2D eigenvalue weighted by Crippen LogP contribution is -2.20. The average Bonchev–Trinajstić information content (AvgIpc) is 3.64. The van der Waals surface area contributed by atoms with Crippen molar-refractivity contribution < 1.29 is 4.79 Å². The van der Waals surface area contributed by atoms with Gasteiger partial charge in [-0.25, -0.2) is 4.98 Å². The summed E-state index contributed by atoms with van der Waals surface area (Å²) < 4.78 is 1.91. The molecule has 2 aliphatic rings. The standard InChI is InChI=1S/C23H24N4O/c28-23(18-5-9-20(10-6-18)27-12-11-24-15-27)26-19-7-3-17(4-8-19)21-13-22(21)25-14-16-1-2-16/h3-12,15-16,21-22,25H,1-2,13-14H2,(H,26,28)/t21-,22+/m0/s1. The normalized spacial score (nSPS) is 20.7. The number of nitrogens with zero attached hydrogens (tertiary/aromatic N) is 2. The van der Waals surface area contributed by atoms with Crippen molar-refractivity contribution in [3.63, 3.8) is 0 Å². The quantitative estimate of drug-likeness (QED) is 0.659. The summed E-state index contributed by atoms with van der Waals surface area (Å²) in [7, 11) is 0. The molecule has 0 spiro atoms. The van der Waals surface area contributed by atoms with Gasteiger partial charge in [0.25, 0.3) is 5.91 Å². The van der Waals surface area contributed by atoms with Gasteiger partial charge in [0.05, 0.1) is 6.33 Å². The molecule has 0 radical (unpaired) electrons. The summed E-state index contributed by atoms with van der Waals surface area (Å²) in [6.07, 6.45) is 9.36. The predicted molar refractivity (Wildman–Crippen MR) is 110 cm³/mol. The van der Waals surface area contributed by atoms with E-state index in [1.165, 1.54) is 31.4 Å². The van der Waals surface area contributed by atoms with E-state index in [0.29, 0.717) is 17.5 Å². The molecule has 0 bridgehead atoms. The number of carbonyl (C=O) groups is 1. The van der Waals surface area contributed by atoms with Gasteiger partial charge in [-0.3, -0.25) is 4.79 Å². The summed E-state index contributed by atoms with van der Waals surface area (Å²) in [5.74, 6) is 1.45. The maximum atomic E-state index is 12.5. The van der Waals surface area contributed by atoms with Gasteiger partial charge in [0.1, 0.15) is 0 Å². The first-order valence-corrected chi connectivity index (χ1v) is 9.99. The number of hydrogen-bond acceptors (Lipinski definition) is 3. The molecule has 5 heteroatoms. The molecule has 2 fully saturated rings. The van der Waals surface area contributed by atoms with E-state index >= 15 is 0 Å². The Morgan fingerprint density at radius 3 is 2.54 bits per heavy atom. The largest absolute Gasteiger partial charge is 0.322 e. The van der Waals surface area contributed by atoms with Crippen LogP contribution in [0.5, 0.6) is 0 Å². The Morgan fingerprint density at radius 2 is 1.86 bits per heavy atom. The maximum absolute atomic E-state index is 12.5. The van der Waals surface area contributed by atoms with Crippen LogP contribution >= 0.6 is 0 Å². The van der Waals surface area contributed by atoms with E-state index < -0.39 is 0 Å². The Bertz CT molecular complexity index is 943. The number of nitrogens with one attached hydrogen (secondary N) is 2. The van der Waals surface area contributed by atoms with Gasteiger partial charge < -0.3 is 15.2 Å². The van der Waals surface area contributed by atoms with E-state index in [-0.39, 0.29) is 5.91 Å². The van der Waals surface area contributed by atoms with Crippen molar-refractivity contribution in [1.82, 2.24) is 14.9 Å². The Kier molecular flexibility index (Phi) is 4.45. The zero-order chi connectivity index (χ0) is 18.9. The number of imidazole rings is 1. The molecule has 2 aromatic carbocycles. The Balaban J connectivity index is 1.17. The van der Waals surface area contributed by atoms with Gasteiger partial charge in [-0.05, 0) is 73.7 Å². The van der Waals surface area contributed by atoms with Gasteiger partial charge in [0.2, 0.25) is 0 Å². The number of amides is 1. The number of anilines is 1. The highest BCUT2D eigenvalue weighted by Gasteiger charge is 2.38. The molecule has 28 heavy (non-hydrogen) atoms. The monoisotopic (exact) mass is 372 g/mol. The minimum atomic E-state index is -0.0969. The first-order chi connectivity index (χ1) is 13.8. The summed E-state index contributed by atoms with van der Waals surface area (Å²) in [6.45, 7) is 1.18. The molecule has 0 saturated heterocycles.